The minimum Gasteiger partial charge on any atom is -0.497 e. The molecule has 0 radical (unpaired) electrons. The first kappa shape index (κ1) is 23.3. The normalized spacial score (nSPS) is 10.2. The molecule has 0 aromatic heterocycles. The Morgan fingerprint density at radius 1 is 0.879 bits per heavy atom. The van der Waals surface area contributed by atoms with Crippen LogP contribution in [0.3, 0.4) is 0 Å². The van der Waals surface area contributed by atoms with Crippen molar-refractivity contribution in [3.05, 3.63) is 88.0 Å². The van der Waals surface area contributed by atoms with Crippen molar-refractivity contribution in [3.63, 3.8) is 0 Å². The quantitative estimate of drug-likeness (QED) is 0.197. The molecular weight excluding hydrogens is 430 g/mol. The fourth-order valence-corrected chi connectivity index (χ4v) is 2.81. The maximum absolute atomic E-state index is 12.7. The lowest BCUT2D eigenvalue weighted by molar-refractivity contribution is -0.385. The molecule has 0 aliphatic rings. The Labute approximate surface area is 189 Å². The van der Waals surface area contributed by atoms with Gasteiger partial charge in [-0.3, -0.25) is 10.1 Å². The van der Waals surface area contributed by atoms with Gasteiger partial charge < -0.3 is 18.9 Å². The average Bonchev–Trinajstić information content (AvgIpc) is 2.83. The lowest BCUT2D eigenvalue weighted by Crippen LogP contribution is -2.13. The standard InChI is InChI=1S/C24H21NO8/c1-3-14-31-22-15-18(32-23(26)16-8-10-17(30-2)11-9-16)12-13-19(22)24(27)33-21-7-5-4-6-20(21)25(28)29/h4-13,15H,3,14H2,1-2H3. The summed E-state index contributed by atoms with van der Waals surface area (Å²) in [5, 5.41) is 11.2. The van der Waals surface area contributed by atoms with Crippen molar-refractivity contribution in [1.82, 2.24) is 0 Å². The number of hydrogen-bond donors (Lipinski definition) is 0. The lowest BCUT2D eigenvalue weighted by atomic mass is 10.2. The maximum Gasteiger partial charge on any atom is 0.347 e. The lowest BCUT2D eigenvalue weighted by Gasteiger charge is -2.13. The Morgan fingerprint density at radius 2 is 1.58 bits per heavy atom. The Kier molecular flexibility index (Phi) is 7.59. The molecule has 0 aliphatic heterocycles. The van der Waals surface area contributed by atoms with E-state index in [2.05, 4.69) is 0 Å². The number of ether oxygens (including phenoxy) is 4. The van der Waals surface area contributed by atoms with Crippen LogP contribution < -0.4 is 18.9 Å². The van der Waals surface area contributed by atoms with E-state index in [1.165, 1.54) is 49.6 Å². The van der Waals surface area contributed by atoms with Crippen LogP contribution in [0.4, 0.5) is 5.69 Å². The fraction of sp³-hybridized carbons (Fsp3) is 0.167. The second-order valence-electron chi connectivity index (χ2n) is 6.74. The molecule has 0 atom stereocenters. The molecule has 3 aromatic rings. The molecule has 0 aliphatic carbocycles. The molecule has 0 bridgehead atoms. The number of carbonyl (C=O) groups is 2. The minimum atomic E-state index is -0.844. The van der Waals surface area contributed by atoms with Crippen molar-refractivity contribution in [3.8, 4) is 23.0 Å². The zero-order valence-corrected chi connectivity index (χ0v) is 18.0. The molecule has 3 rings (SSSR count). The second kappa shape index (κ2) is 10.8. The van der Waals surface area contributed by atoms with E-state index in [0.717, 1.165) is 0 Å². The van der Waals surface area contributed by atoms with Gasteiger partial charge in [-0.2, -0.15) is 0 Å². The van der Waals surface area contributed by atoms with Crippen LogP contribution in [0, 0.1) is 10.1 Å². The van der Waals surface area contributed by atoms with Crippen molar-refractivity contribution in [1.29, 1.82) is 0 Å². The van der Waals surface area contributed by atoms with E-state index in [-0.39, 0.29) is 28.5 Å². The number of hydrogen-bond acceptors (Lipinski definition) is 8. The smallest absolute Gasteiger partial charge is 0.347 e. The van der Waals surface area contributed by atoms with E-state index in [1.54, 1.807) is 24.3 Å². The molecule has 0 saturated heterocycles. The predicted octanol–water partition coefficient (Wildman–Crippen LogP) is 4.83. The zero-order valence-electron chi connectivity index (χ0n) is 18.0. The highest BCUT2D eigenvalue weighted by molar-refractivity contribution is 5.95. The SMILES string of the molecule is CCCOc1cc(OC(=O)c2ccc(OC)cc2)ccc1C(=O)Oc1ccccc1[N+](=O)[O-]. The first-order chi connectivity index (χ1) is 15.9. The maximum atomic E-state index is 12.7. The molecule has 170 valence electrons. The summed E-state index contributed by atoms with van der Waals surface area (Å²) in [6.45, 7) is 2.18. The molecule has 9 nitrogen and oxygen atoms in total. The molecule has 0 spiro atoms. The van der Waals surface area contributed by atoms with Crippen LogP contribution in [0.5, 0.6) is 23.0 Å². The summed E-state index contributed by atoms with van der Waals surface area (Å²) in [7, 11) is 1.52. The summed E-state index contributed by atoms with van der Waals surface area (Å²) >= 11 is 0. The number of para-hydroxylation sites is 2. The molecule has 0 saturated carbocycles. The third-order valence-electron chi connectivity index (χ3n) is 4.44. The van der Waals surface area contributed by atoms with E-state index in [9.17, 15) is 19.7 Å². The number of nitro benzene ring substituents is 1. The zero-order chi connectivity index (χ0) is 23.8. The van der Waals surface area contributed by atoms with Gasteiger partial charge in [0.05, 0.1) is 24.2 Å². The molecule has 3 aromatic carbocycles. The first-order valence-corrected chi connectivity index (χ1v) is 10.0. The van der Waals surface area contributed by atoms with Gasteiger partial charge in [-0.05, 0) is 48.9 Å². The van der Waals surface area contributed by atoms with Crippen molar-refractivity contribution >= 4 is 17.6 Å². The van der Waals surface area contributed by atoms with Gasteiger partial charge in [-0.15, -0.1) is 0 Å². The Hall–Kier alpha value is -4.40. The number of nitrogens with zero attached hydrogens (tertiary/aromatic N) is 1. The largest absolute Gasteiger partial charge is 0.497 e. The molecule has 33 heavy (non-hydrogen) atoms. The van der Waals surface area contributed by atoms with Gasteiger partial charge in [0.15, 0.2) is 0 Å². The highest BCUT2D eigenvalue weighted by atomic mass is 16.6. The number of methoxy groups -OCH3 is 1. The van der Waals surface area contributed by atoms with Gasteiger partial charge >= 0.3 is 17.6 Å². The van der Waals surface area contributed by atoms with Crippen molar-refractivity contribution in [2.45, 2.75) is 13.3 Å². The van der Waals surface area contributed by atoms with E-state index >= 15 is 0 Å². The van der Waals surface area contributed by atoms with Gasteiger partial charge in [0.1, 0.15) is 22.8 Å². The van der Waals surface area contributed by atoms with Crippen LogP contribution >= 0.6 is 0 Å². The van der Waals surface area contributed by atoms with Gasteiger partial charge in [-0.1, -0.05) is 19.1 Å². The summed E-state index contributed by atoms with van der Waals surface area (Å²) in [6, 6.07) is 16.1. The number of carbonyl (C=O) groups excluding carboxylic acids is 2. The molecule has 0 amide bonds. The van der Waals surface area contributed by atoms with Crippen LogP contribution in [0.25, 0.3) is 0 Å². The van der Waals surface area contributed by atoms with E-state index < -0.39 is 16.9 Å². The second-order valence-corrected chi connectivity index (χ2v) is 6.74. The number of nitro groups is 1. The molecular formula is C24H21NO8. The average molecular weight is 451 g/mol. The molecule has 0 N–H and O–H groups in total. The van der Waals surface area contributed by atoms with E-state index in [4.69, 9.17) is 18.9 Å². The van der Waals surface area contributed by atoms with Crippen LogP contribution in [-0.2, 0) is 0 Å². The van der Waals surface area contributed by atoms with Crippen LogP contribution in [0.15, 0.2) is 66.7 Å². The van der Waals surface area contributed by atoms with Crippen molar-refractivity contribution < 1.29 is 33.5 Å². The van der Waals surface area contributed by atoms with E-state index in [1.807, 2.05) is 6.92 Å². The summed E-state index contributed by atoms with van der Waals surface area (Å²) < 4.78 is 21.4. The number of esters is 2. The highest BCUT2D eigenvalue weighted by Gasteiger charge is 2.22. The van der Waals surface area contributed by atoms with Crippen LogP contribution in [-0.4, -0.2) is 30.6 Å². The van der Waals surface area contributed by atoms with Gasteiger partial charge in [0.25, 0.3) is 0 Å². The first-order valence-electron chi connectivity index (χ1n) is 10.0. The van der Waals surface area contributed by atoms with Crippen LogP contribution in [0.2, 0.25) is 0 Å². The summed E-state index contributed by atoms with van der Waals surface area (Å²) in [5.74, 6) is -0.755. The number of benzene rings is 3. The summed E-state index contributed by atoms with van der Waals surface area (Å²) in [5.41, 5.74) is 0.00413. The Morgan fingerprint density at radius 3 is 2.24 bits per heavy atom. The fourth-order valence-electron chi connectivity index (χ4n) is 2.81. The van der Waals surface area contributed by atoms with Crippen LogP contribution in [0.1, 0.15) is 34.1 Å². The Balaban J connectivity index is 1.83. The summed E-state index contributed by atoms with van der Waals surface area (Å²) in [4.78, 5) is 35.7. The van der Waals surface area contributed by atoms with E-state index in [0.29, 0.717) is 24.3 Å². The van der Waals surface area contributed by atoms with Crippen molar-refractivity contribution in [2.75, 3.05) is 13.7 Å². The van der Waals surface area contributed by atoms with Gasteiger partial charge in [0, 0.05) is 12.1 Å². The topological polar surface area (TPSA) is 114 Å². The highest BCUT2D eigenvalue weighted by Crippen LogP contribution is 2.30. The van der Waals surface area contributed by atoms with Crippen molar-refractivity contribution in [2.24, 2.45) is 0 Å². The molecule has 0 heterocycles. The Bertz CT molecular complexity index is 1160. The minimum absolute atomic E-state index is 0.0332. The molecule has 0 unspecified atom stereocenters. The monoisotopic (exact) mass is 451 g/mol. The molecule has 0 fully saturated rings. The summed E-state index contributed by atoms with van der Waals surface area (Å²) in [6.07, 6.45) is 0.661. The van der Waals surface area contributed by atoms with Gasteiger partial charge in [0.2, 0.25) is 5.75 Å². The third-order valence-corrected chi connectivity index (χ3v) is 4.44. The van der Waals surface area contributed by atoms with Gasteiger partial charge in [-0.25, -0.2) is 9.59 Å². The predicted molar refractivity (Wildman–Crippen MR) is 118 cm³/mol. The number of rotatable bonds is 9. The third kappa shape index (κ3) is 5.85. The molecule has 9 heteroatoms.